The van der Waals surface area contributed by atoms with Gasteiger partial charge in [-0.25, -0.2) is 4.79 Å². The number of unbranched alkanes of at least 4 members (excludes halogenated alkanes) is 3. The van der Waals surface area contributed by atoms with Gasteiger partial charge in [-0.3, -0.25) is 4.79 Å². The highest BCUT2D eigenvalue weighted by molar-refractivity contribution is 5.91. The highest BCUT2D eigenvalue weighted by atomic mass is 16.7. The second-order valence-corrected chi connectivity index (χ2v) is 7.79. The molecular weight excluding hydrogens is 396 g/mol. The highest BCUT2D eigenvalue weighted by Crippen LogP contribution is 2.21. The monoisotopic (exact) mass is 426 g/mol. The van der Waals surface area contributed by atoms with Gasteiger partial charge in [0, 0.05) is 0 Å². The average molecular weight is 427 g/mol. The Bertz CT molecular complexity index is 835. The Hall–Kier alpha value is -2.70. The number of ether oxygens (including phenoxy) is 4. The summed E-state index contributed by atoms with van der Waals surface area (Å²) in [4.78, 5) is 24.6. The van der Waals surface area contributed by atoms with Crippen molar-refractivity contribution in [3.8, 4) is 11.5 Å². The summed E-state index contributed by atoms with van der Waals surface area (Å²) in [6.07, 6.45) is 5.24. The van der Waals surface area contributed by atoms with Crippen molar-refractivity contribution in [1.82, 2.24) is 0 Å². The molecule has 0 spiro atoms. The molecular formula is C25H30O6. The average Bonchev–Trinajstić information content (AvgIpc) is 2.79. The van der Waals surface area contributed by atoms with E-state index in [1.54, 1.807) is 36.4 Å². The van der Waals surface area contributed by atoms with Crippen LogP contribution in [0.5, 0.6) is 11.5 Å². The predicted molar refractivity (Wildman–Crippen MR) is 116 cm³/mol. The van der Waals surface area contributed by atoms with Gasteiger partial charge in [0.1, 0.15) is 17.4 Å². The molecule has 0 aliphatic carbocycles. The van der Waals surface area contributed by atoms with E-state index >= 15 is 0 Å². The molecule has 0 unspecified atom stereocenters. The van der Waals surface area contributed by atoms with Gasteiger partial charge in [-0.1, -0.05) is 43.9 Å². The van der Waals surface area contributed by atoms with Crippen molar-refractivity contribution in [2.75, 3.05) is 13.2 Å². The summed E-state index contributed by atoms with van der Waals surface area (Å²) in [5.41, 5.74) is 1.46. The third-order valence-corrected chi connectivity index (χ3v) is 5.13. The minimum atomic E-state index is -0.471. The SMILES string of the molecule is CCCCCCC1OCC(C(=O)Oc2ccc(C(=O)Oc3ccc(C)cc3)cc2)CO1. The van der Waals surface area contributed by atoms with E-state index in [-0.39, 0.29) is 19.5 Å². The Morgan fingerprint density at radius 1 is 0.871 bits per heavy atom. The van der Waals surface area contributed by atoms with Crippen molar-refractivity contribution in [3.63, 3.8) is 0 Å². The topological polar surface area (TPSA) is 71.1 Å². The van der Waals surface area contributed by atoms with Gasteiger partial charge in [0.25, 0.3) is 0 Å². The number of carbonyl (C=O) groups is 2. The number of carbonyl (C=O) groups excluding carboxylic acids is 2. The molecule has 6 heteroatoms. The molecule has 0 aromatic heterocycles. The van der Waals surface area contributed by atoms with Crippen LogP contribution in [-0.2, 0) is 14.3 Å². The third kappa shape index (κ3) is 7.19. The van der Waals surface area contributed by atoms with Crippen LogP contribution in [0.2, 0.25) is 0 Å². The van der Waals surface area contributed by atoms with Crippen LogP contribution in [0, 0.1) is 12.8 Å². The quantitative estimate of drug-likeness (QED) is 0.316. The normalized spacial score (nSPS) is 18.4. The van der Waals surface area contributed by atoms with Crippen LogP contribution in [0.15, 0.2) is 48.5 Å². The standard InChI is InChI=1S/C25H30O6/c1-3-4-5-6-7-23-28-16-20(17-29-23)25(27)31-22-14-10-19(11-15-22)24(26)30-21-12-8-18(2)9-13-21/h8-15,20,23H,3-7,16-17H2,1-2H3. The van der Waals surface area contributed by atoms with Crippen LogP contribution in [0.4, 0.5) is 0 Å². The molecule has 0 saturated carbocycles. The maximum Gasteiger partial charge on any atom is 0.343 e. The van der Waals surface area contributed by atoms with Gasteiger partial charge < -0.3 is 18.9 Å². The summed E-state index contributed by atoms with van der Waals surface area (Å²) in [5, 5.41) is 0. The first kappa shape index (κ1) is 23.0. The molecule has 0 radical (unpaired) electrons. The summed E-state index contributed by atoms with van der Waals surface area (Å²) in [7, 11) is 0. The highest BCUT2D eigenvalue weighted by Gasteiger charge is 2.29. The largest absolute Gasteiger partial charge is 0.426 e. The Morgan fingerprint density at radius 2 is 1.48 bits per heavy atom. The minimum absolute atomic E-state index is 0.236. The van der Waals surface area contributed by atoms with E-state index < -0.39 is 17.9 Å². The molecule has 1 fully saturated rings. The van der Waals surface area contributed by atoms with Crippen molar-refractivity contribution in [2.45, 2.75) is 52.2 Å². The molecule has 2 aromatic rings. The first-order valence-electron chi connectivity index (χ1n) is 10.9. The number of hydrogen-bond acceptors (Lipinski definition) is 6. The van der Waals surface area contributed by atoms with Crippen LogP contribution in [-0.4, -0.2) is 31.4 Å². The lowest BCUT2D eigenvalue weighted by atomic mass is 10.1. The number of hydrogen-bond donors (Lipinski definition) is 0. The maximum atomic E-state index is 12.4. The molecule has 1 aliphatic rings. The van der Waals surface area contributed by atoms with E-state index in [4.69, 9.17) is 18.9 Å². The van der Waals surface area contributed by atoms with Crippen molar-refractivity contribution in [1.29, 1.82) is 0 Å². The molecule has 1 saturated heterocycles. The Labute approximate surface area is 183 Å². The summed E-state index contributed by atoms with van der Waals surface area (Å²) < 4.78 is 22.1. The van der Waals surface area contributed by atoms with Gasteiger partial charge in [-0.05, 0) is 56.2 Å². The minimum Gasteiger partial charge on any atom is -0.426 e. The predicted octanol–water partition coefficient (Wildman–Crippen LogP) is 5.08. The van der Waals surface area contributed by atoms with Crippen LogP contribution >= 0.6 is 0 Å². The van der Waals surface area contributed by atoms with Gasteiger partial charge in [0.05, 0.1) is 18.8 Å². The number of aryl methyl sites for hydroxylation is 1. The van der Waals surface area contributed by atoms with Crippen molar-refractivity contribution < 1.29 is 28.5 Å². The zero-order valence-electron chi connectivity index (χ0n) is 18.2. The summed E-state index contributed by atoms with van der Waals surface area (Å²) in [6.45, 7) is 4.72. The van der Waals surface area contributed by atoms with E-state index in [1.165, 1.54) is 19.3 Å². The van der Waals surface area contributed by atoms with Gasteiger partial charge in [0.15, 0.2) is 6.29 Å². The summed E-state index contributed by atoms with van der Waals surface area (Å²) in [6, 6.07) is 13.5. The molecule has 2 aromatic carbocycles. The van der Waals surface area contributed by atoms with Crippen LogP contribution in [0.3, 0.4) is 0 Å². The fourth-order valence-corrected chi connectivity index (χ4v) is 3.21. The lowest BCUT2D eigenvalue weighted by Crippen LogP contribution is -2.38. The van der Waals surface area contributed by atoms with E-state index in [0.29, 0.717) is 17.1 Å². The Kier molecular flexibility index (Phi) is 8.62. The van der Waals surface area contributed by atoms with Crippen molar-refractivity contribution in [3.05, 3.63) is 59.7 Å². The molecule has 6 nitrogen and oxygen atoms in total. The zero-order valence-corrected chi connectivity index (χ0v) is 18.2. The second kappa shape index (κ2) is 11.6. The van der Waals surface area contributed by atoms with Gasteiger partial charge in [-0.15, -0.1) is 0 Å². The summed E-state index contributed by atoms with van der Waals surface area (Å²) in [5.74, 6) is -0.496. The van der Waals surface area contributed by atoms with Gasteiger partial charge in [-0.2, -0.15) is 0 Å². The molecule has 0 bridgehead atoms. The molecule has 1 aliphatic heterocycles. The molecule has 1 heterocycles. The molecule has 166 valence electrons. The van der Waals surface area contributed by atoms with E-state index in [1.807, 2.05) is 19.1 Å². The van der Waals surface area contributed by atoms with Gasteiger partial charge in [0.2, 0.25) is 0 Å². The van der Waals surface area contributed by atoms with Crippen molar-refractivity contribution >= 4 is 11.9 Å². The smallest absolute Gasteiger partial charge is 0.343 e. The van der Waals surface area contributed by atoms with E-state index in [2.05, 4.69) is 6.92 Å². The van der Waals surface area contributed by atoms with Crippen LogP contribution in [0.1, 0.15) is 54.9 Å². The molecule has 3 rings (SSSR count). The molecule has 0 atom stereocenters. The maximum absolute atomic E-state index is 12.4. The fourth-order valence-electron chi connectivity index (χ4n) is 3.21. The molecule has 0 N–H and O–H groups in total. The van der Waals surface area contributed by atoms with Crippen molar-refractivity contribution in [2.24, 2.45) is 5.92 Å². The Balaban J connectivity index is 1.43. The lowest BCUT2D eigenvalue weighted by Gasteiger charge is -2.28. The first-order valence-corrected chi connectivity index (χ1v) is 10.9. The fraction of sp³-hybridized carbons (Fsp3) is 0.440. The Morgan fingerprint density at radius 3 is 2.13 bits per heavy atom. The van der Waals surface area contributed by atoms with E-state index in [9.17, 15) is 9.59 Å². The second-order valence-electron chi connectivity index (χ2n) is 7.79. The number of benzene rings is 2. The number of rotatable bonds is 9. The van der Waals surface area contributed by atoms with Crippen LogP contribution < -0.4 is 9.47 Å². The van der Waals surface area contributed by atoms with E-state index in [0.717, 1.165) is 18.4 Å². The number of esters is 2. The summed E-state index contributed by atoms with van der Waals surface area (Å²) >= 11 is 0. The zero-order chi connectivity index (χ0) is 22.1. The third-order valence-electron chi connectivity index (χ3n) is 5.13. The van der Waals surface area contributed by atoms with Gasteiger partial charge >= 0.3 is 11.9 Å². The molecule has 0 amide bonds. The molecule has 31 heavy (non-hydrogen) atoms. The first-order chi connectivity index (χ1) is 15.0. The van der Waals surface area contributed by atoms with Crippen LogP contribution in [0.25, 0.3) is 0 Å². The lowest BCUT2D eigenvalue weighted by molar-refractivity contribution is -0.208.